The van der Waals surface area contributed by atoms with Crippen molar-refractivity contribution in [1.82, 2.24) is 10.3 Å². The van der Waals surface area contributed by atoms with E-state index in [9.17, 15) is 9.59 Å². The number of amides is 2. The number of nitrogens with one attached hydrogen (secondary N) is 1. The van der Waals surface area contributed by atoms with Gasteiger partial charge in [0.2, 0.25) is 17.7 Å². The van der Waals surface area contributed by atoms with Crippen LogP contribution in [0.5, 0.6) is 5.88 Å². The van der Waals surface area contributed by atoms with Crippen molar-refractivity contribution in [3.8, 4) is 5.88 Å². The van der Waals surface area contributed by atoms with Crippen LogP contribution in [0.15, 0.2) is 42.6 Å². The summed E-state index contributed by atoms with van der Waals surface area (Å²) in [7, 11) is 0. The number of ether oxygens (including phenoxy) is 1. The lowest BCUT2D eigenvalue weighted by atomic mass is 9.92. The molecule has 0 spiro atoms. The number of hydrogen-bond acceptors (Lipinski definition) is 4. The maximum absolute atomic E-state index is 12.8. The Bertz CT molecular complexity index is 907. The molecule has 30 heavy (non-hydrogen) atoms. The third kappa shape index (κ3) is 4.64. The normalized spacial score (nSPS) is 24.0. The van der Waals surface area contributed by atoms with Gasteiger partial charge in [0.1, 0.15) is 6.10 Å². The molecule has 1 N–H and O–H groups in total. The summed E-state index contributed by atoms with van der Waals surface area (Å²) in [5.41, 5.74) is 3.23. The lowest BCUT2D eigenvalue weighted by Crippen LogP contribution is -2.43. The maximum atomic E-state index is 12.8. The number of nitrogens with zero attached hydrogens (tertiary/aromatic N) is 2. The Kier molecular flexibility index (Phi) is 6.02. The number of rotatable bonds is 5. The van der Waals surface area contributed by atoms with E-state index in [0.29, 0.717) is 12.4 Å². The summed E-state index contributed by atoms with van der Waals surface area (Å²) in [6, 6.07) is 11.8. The van der Waals surface area contributed by atoms with Gasteiger partial charge in [-0.25, -0.2) is 4.98 Å². The Morgan fingerprint density at radius 2 is 1.90 bits per heavy atom. The molecule has 0 radical (unpaired) electrons. The van der Waals surface area contributed by atoms with Crippen LogP contribution in [0.25, 0.3) is 0 Å². The van der Waals surface area contributed by atoms with Crippen LogP contribution in [0, 0.1) is 19.8 Å². The zero-order valence-electron chi connectivity index (χ0n) is 17.6. The highest BCUT2D eigenvalue weighted by Gasteiger charge is 2.36. The Morgan fingerprint density at radius 1 is 1.10 bits per heavy atom. The van der Waals surface area contributed by atoms with Crippen molar-refractivity contribution < 1.29 is 14.3 Å². The van der Waals surface area contributed by atoms with Crippen molar-refractivity contribution in [3.05, 3.63) is 53.7 Å². The molecule has 1 saturated heterocycles. The van der Waals surface area contributed by atoms with E-state index in [1.165, 1.54) is 5.56 Å². The molecule has 1 saturated carbocycles. The van der Waals surface area contributed by atoms with Gasteiger partial charge >= 0.3 is 0 Å². The van der Waals surface area contributed by atoms with Crippen LogP contribution in [0.2, 0.25) is 0 Å². The van der Waals surface area contributed by atoms with E-state index in [2.05, 4.69) is 17.2 Å². The van der Waals surface area contributed by atoms with Gasteiger partial charge in [0.15, 0.2) is 0 Å². The predicted octanol–water partition coefficient (Wildman–Crippen LogP) is 3.56. The van der Waals surface area contributed by atoms with Crippen molar-refractivity contribution in [3.63, 3.8) is 0 Å². The van der Waals surface area contributed by atoms with Crippen molar-refractivity contribution in [1.29, 1.82) is 0 Å². The number of carbonyl (C=O) groups excluding carboxylic acids is 2. The van der Waals surface area contributed by atoms with Crippen LogP contribution in [-0.2, 0) is 9.59 Å². The van der Waals surface area contributed by atoms with Gasteiger partial charge in [-0.1, -0.05) is 12.1 Å². The van der Waals surface area contributed by atoms with Crippen molar-refractivity contribution >= 4 is 17.5 Å². The Hall–Kier alpha value is -2.89. The number of aromatic nitrogens is 1. The first-order chi connectivity index (χ1) is 14.5. The minimum atomic E-state index is -0.290. The summed E-state index contributed by atoms with van der Waals surface area (Å²) in [5.74, 6) is 0.372. The topological polar surface area (TPSA) is 71.5 Å². The van der Waals surface area contributed by atoms with Gasteiger partial charge in [-0.2, -0.15) is 0 Å². The third-order valence-corrected chi connectivity index (χ3v) is 6.24. The third-order valence-electron chi connectivity index (χ3n) is 6.24. The second-order valence-corrected chi connectivity index (χ2v) is 8.44. The van der Waals surface area contributed by atoms with Crippen molar-refractivity contribution in [2.45, 2.75) is 58.1 Å². The number of carbonyl (C=O) groups is 2. The molecule has 2 aliphatic rings. The molecular weight excluding hydrogens is 378 g/mol. The van der Waals surface area contributed by atoms with E-state index in [1.54, 1.807) is 11.1 Å². The van der Waals surface area contributed by atoms with Gasteiger partial charge < -0.3 is 15.0 Å². The molecule has 1 atom stereocenters. The average molecular weight is 408 g/mol. The van der Waals surface area contributed by atoms with Gasteiger partial charge in [0.25, 0.3) is 0 Å². The second kappa shape index (κ2) is 8.86. The van der Waals surface area contributed by atoms with Crippen molar-refractivity contribution in [2.75, 3.05) is 11.4 Å². The molecule has 2 fully saturated rings. The molecule has 1 unspecified atom stereocenters. The number of hydrogen-bond donors (Lipinski definition) is 1. The molecule has 2 aromatic rings. The SMILES string of the molecule is Cc1ccc(N2CC(C(=O)NC3CCC(Oc4ccccn4)CC3)CC2=O)cc1C. The Labute approximate surface area is 177 Å². The Morgan fingerprint density at radius 3 is 2.60 bits per heavy atom. The van der Waals surface area contributed by atoms with Crippen molar-refractivity contribution in [2.24, 2.45) is 5.92 Å². The Balaban J connectivity index is 1.27. The van der Waals surface area contributed by atoms with Crippen LogP contribution in [-0.4, -0.2) is 35.5 Å². The van der Waals surface area contributed by atoms with Gasteiger partial charge in [0, 0.05) is 37.0 Å². The highest BCUT2D eigenvalue weighted by Crippen LogP contribution is 2.28. The summed E-state index contributed by atoms with van der Waals surface area (Å²) in [5, 5.41) is 3.17. The summed E-state index contributed by atoms with van der Waals surface area (Å²) in [6.45, 7) is 4.54. The number of aryl methyl sites for hydroxylation is 2. The maximum Gasteiger partial charge on any atom is 0.227 e. The average Bonchev–Trinajstić information content (AvgIpc) is 3.14. The van der Waals surface area contributed by atoms with Crippen LogP contribution >= 0.6 is 0 Å². The second-order valence-electron chi connectivity index (χ2n) is 8.44. The van der Waals surface area contributed by atoms with Gasteiger partial charge in [0.05, 0.1) is 5.92 Å². The molecule has 4 rings (SSSR count). The van der Waals surface area contributed by atoms with Gasteiger partial charge in [-0.15, -0.1) is 0 Å². The molecule has 6 heteroatoms. The van der Waals surface area contributed by atoms with Crippen LogP contribution in [0.1, 0.15) is 43.2 Å². The summed E-state index contributed by atoms with van der Waals surface area (Å²) < 4.78 is 5.93. The fourth-order valence-electron chi connectivity index (χ4n) is 4.26. The fraction of sp³-hybridized carbons (Fsp3) is 0.458. The number of benzene rings is 1. The lowest BCUT2D eigenvalue weighted by molar-refractivity contribution is -0.127. The molecule has 0 bridgehead atoms. The first kappa shape index (κ1) is 20.4. The molecule has 2 heterocycles. The lowest BCUT2D eigenvalue weighted by Gasteiger charge is -2.29. The van der Waals surface area contributed by atoms with Crippen LogP contribution < -0.4 is 15.0 Å². The molecule has 1 aromatic carbocycles. The predicted molar refractivity (Wildman–Crippen MR) is 115 cm³/mol. The minimum Gasteiger partial charge on any atom is -0.474 e. The first-order valence-electron chi connectivity index (χ1n) is 10.8. The molecule has 2 amide bonds. The van der Waals surface area contributed by atoms with Crippen LogP contribution in [0.3, 0.4) is 0 Å². The van der Waals surface area contributed by atoms with Gasteiger partial charge in [-0.3, -0.25) is 9.59 Å². The highest BCUT2D eigenvalue weighted by molar-refractivity contribution is 6.00. The first-order valence-corrected chi connectivity index (χ1v) is 10.8. The monoisotopic (exact) mass is 407 g/mol. The zero-order valence-corrected chi connectivity index (χ0v) is 17.6. The smallest absolute Gasteiger partial charge is 0.227 e. The molecule has 158 valence electrons. The molecule has 1 aromatic heterocycles. The molecule has 1 aliphatic heterocycles. The summed E-state index contributed by atoms with van der Waals surface area (Å²) in [6.07, 6.45) is 5.68. The number of pyridine rings is 1. The zero-order chi connectivity index (χ0) is 21.1. The standard InChI is InChI=1S/C24H29N3O3/c1-16-6-9-20(13-17(16)2)27-15-18(14-23(27)28)24(29)26-19-7-10-21(11-8-19)30-22-5-3-4-12-25-22/h3-6,9,12-13,18-19,21H,7-8,10-11,14-15H2,1-2H3,(H,26,29). The van der Waals surface area contributed by atoms with E-state index < -0.39 is 0 Å². The molecule has 6 nitrogen and oxygen atoms in total. The largest absolute Gasteiger partial charge is 0.474 e. The van der Waals surface area contributed by atoms with E-state index in [4.69, 9.17) is 4.74 Å². The summed E-state index contributed by atoms with van der Waals surface area (Å²) >= 11 is 0. The number of anilines is 1. The molecule has 1 aliphatic carbocycles. The quantitative estimate of drug-likeness (QED) is 0.823. The highest BCUT2D eigenvalue weighted by atomic mass is 16.5. The van der Waals surface area contributed by atoms with E-state index in [1.807, 2.05) is 43.3 Å². The van der Waals surface area contributed by atoms with E-state index in [0.717, 1.165) is 36.9 Å². The van der Waals surface area contributed by atoms with E-state index in [-0.39, 0.29) is 36.3 Å². The van der Waals surface area contributed by atoms with Gasteiger partial charge in [-0.05, 0) is 68.9 Å². The van der Waals surface area contributed by atoms with E-state index >= 15 is 0 Å². The molecular formula is C24H29N3O3. The fourth-order valence-corrected chi connectivity index (χ4v) is 4.26. The summed E-state index contributed by atoms with van der Waals surface area (Å²) in [4.78, 5) is 31.3. The van der Waals surface area contributed by atoms with Crippen LogP contribution in [0.4, 0.5) is 5.69 Å². The minimum absolute atomic E-state index is 0.0104.